The van der Waals surface area contributed by atoms with E-state index in [1.54, 1.807) is 30.3 Å². The fourth-order valence-electron chi connectivity index (χ4n) is 3.09. The molecule has 0 fully saturated rings. The van der Waals surface area contributed by atoms with Crippen molar-refractivity contribution in [1.82, 2.24) is 4.90 Å². The van der Waals surface area contributed by atoms with Gasteiger partial charge >= 0.3 is 6.18 Å². The lowest BCUT2D eigenvalue weighted by molar-refractivity contribution is -0.137. The largest absolute Gasteiger partial charge is 0.416 e. The van der Waals surface area contributed by atoms with E-state index < -0.39 is 11.7 Å². The second-order valence-electron chi connectivity index (χ2n) is 6.93. The van der Waals surface area contributed by atoms with Gasteiger partial charge in [0.1, 0.15) is 0 Å². The van der Waals surface area contributed by atoms with Crippen LogP contribution in [0, 0.1) is 0 Å². The van der Waals surface area contributed by atoms with Gasteiger partial charge in [-0.3, -0.25) is 9.59 Å². The van der Waals surface area contributed by atoms with Crippen LogP contribution in [0.15, 0.2) is 91.0 Å². The van der Waals surface area contributed by atoms with Gasteiger partial charge in [0.15, 0.2) is 5.78 Å². The maximum atomic E-state index is 13.0. The quantitative estimate of drug-likeness (QED) is 0.361. The first-order valence-corrected chi connectivity index (χ1v) is 9.56. The number of rotatable bonds is 6. The number of nitrogens with zero attached hydrogens (tertiary/aromatic N) is 1. The van der Waals surface area contributed by atoms with Gasteiger partial charge in [0.05, 0.1) is 17.8 Å². The molecule has 0 aliphatic rings. The third kappa shape index (κ3) is 5.69. The van der Waals surface area contributed by atoms with Crippen molar-refractivity contribution < 1.29 is 22.8 Å². The maximum absolute atomic E-state index is 13.0. The lowest BCUT2D eigenvalue weighted by Crippen LogP contribution is -2.27. The Morgan fingerprint density at radius 3 is 1.87 bits per heavy atom. The molecular weight excluding hydrogens is 403 g/mol. The normalized spacial score (nSPS) is 11.8. The monoisotopic (exact) mass is 423 g/mol. The van der Waals surface area contributed by atoms with Crippen LogP contribution in [-0.4, -0.2) is 16.6 Å². The molecule has 0 unspecified atom stereocenters. The summed E-state index contributed by atoms with van der Waals surface area (Å²) in [5, 5.41) is 0. The minimum Gasteiger partial charge on any atom is -0.308 e. The van der Waals surface area contributed by atoms with Crippen LogP contribution in [0.2, 0.25) is 0 Å². The molecule has 0 atom stereocenters. The van der Waals surface area contributed by atoms with E-state index in [9.17, 15) is 22.8 Å². The Morgan fingerprint density at radius 1 is 0.806 bits per heavy atom. The number of halogens is 3. The van der Waals surface area contributed by atoms with Crippen molar-refractivity contribution >= 4 is 17.4 Å². The summed E-state index contributed by atoms with van der Waals surface area (Å²) in [5.74, 6) is -0.689. The second kappa shape index (κ2) is 9.43. The molecule has 3 nitrogen and oxygen atoms in total. The van der Waals surface area contributed by atoms with Crippen molar-refractivity contribution in [2.75, 3.05) is 0 Å². The summed E-state index contributed by atoms with van der Waals surface area (Å²) < 4.78 is 39.0. The van der Waals surface area contributed by atoms with Crippen molar-refractivity contribution in [3.63, 3.8) is 0 Å². The molecular formula is C25H20F3NO2. The first-order valence-electron chi connectivity index (χ1n) is 9.56. The van der Waals surface area contributed by atoms with Crippen LogP contribution in [0.3, 0.4) is 0 Å². The Labute approximate surface area is 178 Å². The van der Waals surface area contributed by atoms with Crippen molar-refractivity contribution in [1.29, 1.82) is 0 Å². The van der Waals surface area contributed by atoms with Gasteiger partial charge in [-0.15, -0.1) is 0 Å². The Bertz CT molecular complexity index is 1070. The molecule has 3 aromatic carbocycles. The zero-order valence-corrected chi connectivity index (χ0v) is 16.8. The zero-order valence-electron chi connectivity index (χ0n) is 16.8. The molecule has 3 rings (SSSR count). The lowest BCUT2D eigenvalue weighted by Gasteiger charge is -2.25. The fraction of sp³-hybridized carbons (Fsp3) is 0.120. The molecule has 3 aromatic rings. The summed E-state index contributed by atoms with van der Waals surface area (Å²) in [5.41, 5.74) is 1.00. The molecule has 0 spiro atoms. The van der Waals surface area contributed by atoms with Gasteiger partial charge < -0.3 is 4.90 Å². The fourth-order valence-corrected chi connectivity index (χ4v) is 3.09. The highest BCUT2D eigenvalue weighted by Crippen LogP contribution is 2.31. The van der Waals surface area contributed by atoms with E-state index in [1.807, 2.05) is 30.3 Å². The second-order valence-corrected chi connectivity index (χ2v) is 6.93. The van der Waals surface area contributed by atoms with Gasteiger partial charge in [-0.1, -0.05) is 72.8 Å². The van der Waals surface area contributed by atoms with Crippen LogP contribution in [-0.2, 0) is 17.5 Å². The number of carbonyl (C=O) groups is 2. The Hall–Kier alpha value is -3.67. The Morgan fingerprint density at radius 2 is 1.35 bits per heavy atom. The average molecular weight is 423 g/mol. The standard InChI is InChI=1S/C25H20F3NO2/c1-18(30)29(17-19-8-4-2-5-9-19)23(16-24(31)21-10-6-3-7-11-21)20-12-14-22(15-13-20)25(26,27)28/h2-16H,17H2,1H3/b23-16+. The highest BCUT2D eigenvalue weighted by molar-refractivity contribution is 6.09. The average Bonchev–Trinajstić information content (AvgIpc) is 2.76. The summed E-state index contributed by atoms with van der Waals surface area (Å²) in [7, 11) is 0. The molecule has 158 valence electrons. The molecule has 0 heterocycles. The number of carbonyl (C=O) groups excluding carboxylic acids is 2. The summed E-state index contributed by atoms with van der Waals surface area (Å²) in [6.07, 6.45) is -3.19. The highest BCUT2D eigenvalue weighted by atomic mass is 19.4. The Balaban J connectivity index is 2.07. The van der Waals surface area contributed by atoms with Gasteiger partial charge in [-0.05, 0) is 23.3 Å². The zero-order chi connectivity index (χ0) is 22.4. The summed E-state index contributed by atoms with van der Waals surface area (Å²) in [6, 6.07) is 22.1. The van der Waals surface area contributed by atoms with E-state index in [1.165, 1.54) is 30.0 Å². The van der Waals surface area contributed by atoms with E-state index in [-0.39, 0.29) is 23.9 Å². The van der Waals surface area contributed by atoms with E-state index >= 15 is 0 Å². The van der Waals surface area contributed by atoms with Crippen LogP contribution in [0.4, 0.5) is 13.2 Å². The minimum absolute atomic E-state index is 0.172. The molecule has 0 radical (unpaired) electrons. The van der Waals surface area contributed by atoms with Crippen LogP contribution in [0.25, 0.3) is 5.70 Å². The third-order valence-electron chi connectivity index (χ3n) is 4.69. The van der Waals surface area contributed by atoms with E-state index in [4.69, 9.17) is 0 Å². The van der Waals surface area contributed by atoms with Gasteiger partial charge in [0, 0.05) is 18.6 Å². The Kier molecular flexibility index (Phi) is 6.70. The molecule has 31 heavy (non-hydrogen) atoms. The first-order chi connectivity index (χ1) is 14.8. The molecule has 0 saturated carbocycles. The van der Waals surface area contributed by atoms with Gasteiger partial charge in [0.2, 0.25) is 5.91 Å². The topological polar surface area (TPSA) is 37.4 Å². The van der Waals surface area contributed by atoms with Crippen molar-refractivity contribution in [3.05, 3.63) is 113 Å². The molecule has 1 amide bonds. The van der Waals surface area contributed by atoms with Gasteiger partial charge in [-0.25, -0.2) is 0 Å². The summed E-state index contributed by atoms with van der Waals surface area (Å²) in [6.45, 7) is 1.53. The smallest absolute Gasteiger partial charge is 0.308 e. The predicted octanol–water partition coefficient (Wildman–Crippen LogP) is 5.98. The molecule has 0 aromatic heterocycles. The molecule has 0 N–H and O–H groups in total. The number of amides is 1. The van der Waals surface area contributed by atoms with Crippen molar-refractivity contribution in [2.24, 2.45) is 0 Å². The van der Waals surface area contributed by atoms with Gasteiger partial charge in [0.25, 0.3) is 0 Å². The molecule has 6 heteroatoms. The van der Waals surface area contributed by atoms with Crippen molar-refractivity contribution in [2.45, 2.75) is 19.6 Å². The molecule has 0 bridgehead atoms. The number of alkyl halides is 3. The van der Waals surface area contributed by atoms with Gasteiger partial charge in [-0.2, -0.15) is 13.2 Å². The predicted molar refractivity (Wildman–Crippen MR) is 113 cm³/mol. The SMILES string of the molecule is CC(=O)N(Cc1ccccc1)/C(=C/C(=O)c1ccccc1)c1ccc(C(F)(F)F)cc1. The number of benzene rings is 3. The van der Waals surface area contributed by atoms with E-state index in [0.717, 1.165) is 17.7 Å². The van der Waals surface area contributed by atoms with Crippen molar-refractivity contribution in [3.8, 4) is 0 Å². The number of allylic oxidation sites excluding steroid dienone is 1. The van der Waals surface area contributed by atoms with Crippen LogP contribution < -0.4 is 0 Å². The molecule has 0 aliphatic carbocycles. The summed E-state index contributed by atoms with van der Waals surface area (Å²) >= 11 is 0. The molecule has 0 saturated heterocycles. The van der Waals surface area contributed by atoms with E-state index in [2.05, 4.69) is 0 Å². The molecule has 0 aliphatic heterocycles. The summed E-state index contributed by atoms with van der Waals surface area (Å²) in [4.78, 5) is 26.7. The number of ketones is 1. The number of hydrogen-bond donors (Lipinski definition) is 0. The third-order valence-corrected chi connectivity index (χ3v) is 4.69. The maximum Gasteiger partial charge on any atom is 0.416 e. The van der Waals surface area contributed by atoms with E-state index in [0.29, 0.717) is 11.1 Å². The minimum atomic E-state index is -4.48. The highest BCUT2D eigenvalue weighted by Gasteiger charge is 2.30. The van der Waals surface area contributed by atoms with Crippen LogP contribution in [0.5, 0.6) is 0 Å². The van der Waals surface area contributed by atoms with Crippen LogP contribution >= 0.6 is 0 Å². The number of hydrogen-bond acceptors (Lipinski definition) is 2. The lowest BCUT2D eigenvalue weighted by atomic mass is 10.0. The van der Waals surface area contributed by atoms with Crippen LogP contribution in [0.1, 0.15) is 34.0 Å². The first kappa shape index (κ1) is 22.0.